The van der Waals surface area contributed by atoms with Crippen LogP contribution in [0.2, 0.25) is 0 Å². The molecule has 3 heterocycles. The van der Waals surface area contributed by atoms with Crippen LogP contribution >= 0.6 is 11.3 Å². The second-order valence-electron chi connectivity index (χ2n) is 3.98. The van der Waals surface area contributed by atoms with Crippen molar-refractivity contribution < 1.29 is 0 Å². The molecule has 0 unspecified atom stereocenters. The van der Waals surface area contributed by atoms with Gasteiger partial charge in [-0.2, -0.15) is 0 Å². The lowest BCUT2D eigenvalue weighted by Gasteiger charge is -1.97. The summed E-state index contributed by atoms with van der Waals surface area (Å²) in [6, 6.07) is 8.15. The number of nitrogens with zero attached hydrogens (tertiary/aromatic N) is 3. The first-order chi connectivity index (χ1) is 8.92. The first kappa shape index (κ1) is 9.73. The van der Waals surface area contributed by atoms with Crippen LogP contribution in [0.4, 0.5) is 0 Å². The van der Waals surface area contributed by atoms with Gasteiger partial charge in [0.1, 0.15) is 10.3 Å². The van der Waals surface area contributed by atoms with Crippen LogP contribution in [0.5, 0.6) is 0 Å². The predicted molar refractivity (Wildman–Crippen MR) is 72.5 cm³/mol. The Balaban J connectivity index is 2.00. The van der Waals surface area contributed by atoms with Gasteiger partial charge < -0.3 is 4.98 Å². The first-order valence-corrected chi connectivity index (χ1v) is 6.42. The van der Waals surface area contributed by atoms with Crippen molar-refractivity contribution >= 4 is 32.6 Å². The maximum Gasteiger partial charge on any atom is 0.163 e. The van der Waals surface area contributed by atoms with Crippen molar-refractivity contribution in [3.63, 3.8) is 0 Å². The van der Waals surface area contributed by atoms with Gasteiger partial charge >= 0.3 is 0 Å². The maximum atomic E-state index is 4.55. The Hall–Kier alpha value is -2.27. The van der Waals surface area contributed by atoms with Gasteiger partial charge in [-0.05, 0) is 6.07 Å². The van der Waals surface area contributed by atoms with Crippen molar-refractivity contribution in [2.45, 2.75) is 0 Å². The molecular weight excluding hydrogens is 244 g/mol. The molecule has 3 aromatic heterocycles. The summed E-state index contributed by atoms with van der Waals surface area (Å²) in [5.74, 6) is 0.740. The lowest BCUT2D eigenvalue weighted by molar-refractivity contribution is 1.23. The molecule has 0 spiro atoms. The van der Waals surface area contributed by atoms with Gasteiger partial charge in [0, 0.05) is 22.7 Å². The van der Waals surface area contributed by atoms with E-state index in [2.05, 4.69) is 26.0 Å². The lowest BCUT2D eigenvalue weighted by atomic mass is 10.1. The molecule has 4 rings (SSSR count). The van der Waals surface area contributed by atoms with E-state index in [0.717, 1.165) is 32.6 Å². The summed E-state index contributed by atoms with van der Waals surface area (Å²) in [7, 11) is 0. The lowest BCUT2D eigenvalue weighted by Crippen LogP contribution is -1.86. The van der Waals surface area contributed by atoms with E-state index >= 15 is 0 Å². The van der Waals surface area contributed by atoms with Gasteiger partial charge in [-0.3, -0.25) is 0 Å². The third-order valence-electron chi connectivity index (χ3n) is 2.92. The summed E-state index contributed by atoms with van der Waals surface area (Å²) in [5, 5.41) is 1.14. The third kappa shape index (κ3) is 1.34. The molecule has 0 atom stereocenters. The number of H-pyrrole nitrogens is 1. The molecule has 0 amide bonds. The van der Waals surface area contributed by atoms with Crippen molar-refractivity contribution in [1.29, 1.82) is 0 Å². The molecule has 5 heteroatoms. The van der Waals surface area contributed by atoms with Gasteiger partial charge in [0.2, 0.25) is 0 Å². The molecule has 18 heavy (non-hydrogen) atoms. The van der Waals surface area contributed by atoms with E-state index < -0.39 is 0 Å². The van der Waals surface area contributed by atoms with E-state index in [1.54, 1.807) is 11.7 Å². The molecule has 0 radical (unpaired) electrons. The molecule has 0 bridgehead atoms. The van der Waals surface area contributed by atoms with Crippen LogP contribution in [0.15, 0.2) is 42.2 Å². The molecule has 86 valence electrons. The van der Waals surface area contributed by atoms with Crippen molar-refractivity contribution in [1.82, 2.24) is 19.9 Å². The van der Waals surface area contributed by atoms with Crippen LogP contribution in [-0.4, -0.2) is 19.9 Å². The van der Waals surface area contributed by atoms with Crippen LogP contribution < -0.4 is 0 Å². The minimum Gasteiger partial charge on any atom is -0.360 e. The van der Waals surface area contributed by atoms with Gasteiger partial charge in [0.25, 0.3) is 0 Å². The quantitative estimate of drug-likeness (QED) is 0.566. The fourth-order valence-electron chi connectivity index (χ4n) is 2.05. The minimum atomic E-state index is 0.740. The zero-order valence-electron chi connectivity index (χ0n) is 9.29. The van der Waals surface area contributed by atoms with E-state index in [4.69, 9.17) is 0 Å². The molecule has 0 saturated carbocycles. The Morgan fingerprint density at radius 1 is 1.11 bits per heavy atom. The van der Waals surface area contributed by atoms with Gasteiger partial charge in [-0.25, -0.2) is 15.0 Å². The predicted octanol–water partition coefficient (Wildman–Crippen LogP) is 3.23. The van der Waals surface area contributed by atoms with Gasteiger partial charge in [0.05, 0.1) is 11.7 Å². The number of nitrogens with one attached hydrogen (secondary N) is 1. The van der Waals surface area contributed by atoms with Crippen molar-refractivity contribution in [2.24, 2.45) is 0 Å². The fourth-order valence-corrected chi connectivity index (χ4v) is 2.69. The Kier molecular flexibility index (Phi) is 1.95. The summed E-state index contributed by atoms with van der Waals surface area (Å²) in [4.78, 5) is 17.3. The molecule has 1 aromatic carbocycles. The van der Waals surface area contributed by atoms with Gasteiger partial charge in [-0.1, -0.05) is 18.2 Å². The number of benzene rings is 1. The standard InChI is InChI=1S/C13H8N4S/c1-2-4-10-8(3-1)9(5-14-10)12-15-6-11-13(17-12)18-7-16-11/h1-7,14H. The number of hydrogen-bond acceptors (Lipinski definition) is 4. The summed E-state index contributed by atoms with van der Waals surface area (Å²) >= 11 is 1.53. The topological polar surface area (TPSA) is 54.5 Å². The zero-order chi connectivity index (χ0) is 11.9. The highest BCUT2D eigenvalue weighted by Crippen LogP contribution is 2.27. The average molecular weight is 252 g/mol. The number of hydrogen-bond donors (Lipinski definition) is 1. The molecule has 0 saturated heterocycles. The molecule has 0 fully saturated rings. The van der Waals surface area contributed by atoms with Crippen LogP contribution in [0, 0.1) is 0 Å². The van der Waals surface area contributed by atoms with E-state index in [-0.39, 0.29) is 0 Å². The molecule has 4 aromatic rings. The second kappa shape index (κ2) is 3.61. The monoisotopic (exact) mass is 252 g/mol. The Morgan fingerprint density at radius 2 is 2.06 bits per heavy atom. The highest BCUT2D eigenvalue weighted by Gasteiger charge is 2.09. The highest BCUT2D eigenvalue weighted by molar-refractivity contribution is 7.16. The average Bonchev–Trinajstić information content (AvgIpc) is 3.04. The Morgan fingerprint density at radius 3 is 3.06 bits per heavy atom. The zero-order valence-corrected chi connectivity index (χ0v) is 10.1. The van der Waals surface area contributed by atoms with Crippen LogP contribution in [0.25, 0.3) is 32.6 Å². The number of aromatic nitrogens is 4. The first-order valence-electron chi connectivity index (χ1n) is 5.54. The van der Waals surface area contributed by atoms with Crippen LogP contribution in [0.3, 0.4) is 0 Å². The number of rotatable bonds is 1. The van der Waals surface area contributed by atoms with E-state index in [9.17, 15) is 0 Å². The smallest absolute Gasteiger partial charge is 0.163 e. The van der Waals surface area contributed by atoms with E-state index in [1.165, 1.54) is 11.3 Å². The van der Waals surface area contributed by atoms with E-state index in [0.29, 0.717) is 0 Å². The van der Waals surface area contributed by atoms with Gasteiger partial charge in [0.15, 0.2) is 5.82 Å². The summed E-state index contributed by atoms with van der Waals surface area (Å²) in [6.07, 6.45) is 3.73. The molecule has 0 aliphatic rings. The van der Waals surface area contributed by atoms with Crippen molar-refractivity contribution in [2.75, 3.05) is 0 Å². The number of aromatic amines is 1. The fraction of sp³-hybridized carbons (Fsp3) is 0. The van der Waals surface area contributed by atoms with Crippen molar-refractivity contribution in [3.8, 4) is 11.4 Å². The molecule has 1 N–H and O–H groups in total. The van der Waals surface area contributed by atoms with E-state index in [1.807, 2.05) is 24.4 Å². The Labute approximate surface area is 106 Å². The van der Waals surface area contributed by atoms with Crippen LogP contribution in [-0.2, 0) is 0 Å². The second-order valence-corrected chi connectivity index (χ2v) is 4.82. The largest absolute Gasteiger partial charge is 0.360 e. The summed E-state index contributed by atoms with van der Waals surface area (Å²) in [5.41, 5.74) is 4.77. The SMILES string of the molecule is c1ccc2c(-c3ncc4ncsc4n3)c[nH]c2c1. The minimum absolute atomic E-state index is 0.740. The number of fused-ring (bicyclic) bond motifs is 2. The normalized spacial score (nSPS) is 11.3. The number of para-hydroxylation sites is 1. The van der Waals surface area contributed by atoms with Crippen LogP contribution in [0.1, 0.15) is 0 Å². The summed E-state index contributed by atoms with van der Waals surface area (Å²) < 4.78 is 0. The highest BCUT2D eigenvalue weighted by atomic mass is 32.1. The third-order valence-corrected chi connectivity index (χ3v) is 3.66. The summed E-state index contributed by atoms with van der Waals surface area (Å²) in [6.45, 7) is 0. The molecule has 4 nitrogen and oxygen atoms in total. The Bertz CT molecular complexity index is 846. The maximum absolute atomic E-state index is 4.55. The van der Waals surface area contributed by atoms with Gasteiger partial charge in [-0.15, -0.1) is 11.3 Å². The molecule has 0 aliphatic heterocycles. The molecular formula is C13H8N4S. The number of thiazole rings is 1. The van der Waals surface area contributed by atoms with Crippen molar-refractivity contribution in [3.05, 3.63) is 42.2 Å². The molecule has 0 aliphatic carbocycles.